The Bertz CT molecular complexity index is 511. The fraction of sp³-hybridized carbons (Fsp3) is 0.684. The molecular formula is C19H28O3. The molecule has 0 radical (unpaired) electrons. The van der Waals surface area contributed by atoms with Gasteiger partial charge >= 0.3 is 5.97 Å². The van der Waals surface area contributed by atoms with Crippen molar-refractivity contribution in [2.45, 2.75) is 53.6 Å². The second kappa shape index (κ2) is 6.02. The van der Waals surface area contributed by atoms with Crippen LogP contribution < -0.4 is 0 Å². The number of hydrogen-bond donors (Lipinski definition) is 0. The van der Waals surface area contributed by atoms with E-state index >= 15 is 0 Å². The van der Waals surface area contributed by atoms with Crippen molar-refractivity contribution in [3.63, 3.8) is 0 Å². The van der Waals surface area contributed by atoms with Crippen LogP contribution in [0.5, 0.6) is 0 Å². The highest BCUT2D eigenvalue weighted by molar-refractivity contribution is 5.85. The van der Waals surface area contributed by atoms with Crippen LogP contribution in [0.4, 0.5) is 0 Å². The Morgan fingerprint density at radius 3 is 2.59 bits per heavy atom. The zero-order valence-corrected chi connectivity index (χ0v) is 14.4. The summed E-state index contributed by atoms with van der Waals surface area (Å²) in [4.78, 5) is 24.5. The van der Waals surface area contributed by atoms with Gasteiger partial charge in [-0.1, -0.05) is 38.5 Å². The molecule has 3 heteroatoms. The summed E-state index contributed by atoms with van der Waals surface area (Å²) in [6, 6.07) is 0. The maximum atomic E-state index is 12.5. The van der Waals surface area contributed by atoms with Crippen LogP contribution in [-0.4, -0.2) is 17.9 Å². The summed E-state index contributed by atoms with van der Waals surface area (Å²) in [6.07, 6.45) is 4.69. The van der Waals surface area contributed by atoms with Gasteiger partial charge in [0.25, 0.3) is 0 Å². The molecule has 2 aliphatic rings. The number of hydrogen-bond acceptors (Lipinski definition) is 3. The standard InChI is InChI=1S/C19H28O3/c1-7-8-13-12(4)16(10-15(13)20)22-18(21)17-14(9-11(2)3)19(17,5)6/h7,9,12-14,16-17H,1,8,10H2,2-6H3. The molecule has 0 aromatic heterocycles. The average molecular weight is 304 g/mol. The normalized spacial score (nSPS) is 35.9. The molecule has 5 atom stereocenters. The number of ether oxygens (including phenoxy) is 1. The summed E-state index contributed by atoms with van der Waals surface area (Å²) in [7, 11) is 0. The van der Waals surface area contributed by atoms with E-state index in [-0.39, 0.29) is 46.9 Å². The van der Waals surface area contributed by atoms with Gasteiger partial charge < -0.3 is 4.74 Å². The molecule has 2 fully saturated rings. The molecule has 122 valence electrons. The number of esters is 1. The first kappa shape index (κ1) is 17.0. The molecule has 0 aromatic carbocycles. The second-order valence-electron chi connectivity index (χ2n) is 7.70. The Morgan fingerprint density at radius 2 is 2.05 bits per heavy atom. The van der Waals surface area contributed by atoms with E-state index in [0.29, 0.717) is 12.8 Å². The Labute approximate surface area is 133 Å². The molecule has 2 saturated carbocycles. The highest BCUT2D eigenvalue weighted by Crippen LogP contribution is 2.60. The SMILES string of the molecule is C=CCC1C(=O)CC(OC(=O)C2C(C=C(C)C)C2(C)C)C1C. The molecule has 0 heterocycles. The third kappa shape index (κ3) is 3.04. The smallest absolute Gasteiger partial charge is 0.310 e. The molecule has 3 nitrogen and oxygen atoms in total. The van der Waals surface area contributed by atoms with E-state index in [4.69, 9.17) is 4.74 Å². The van der Waals surface area contributed by atoms with Gasteiger partial charge in [0.2, 0.25) is 0 Å². The van der Waals surface area contributed by atoms with Crippen molar-refractivity contribution in [1.29, 1.82) is 0 Å². The summed E-state index contributed by atoms with van der Waals surface area (Å²) < 4.78 is 5.72. The fourth-order valence-corrected chi connectivity index (χ4v) is 3.78. The van der Waals surface area contributed by atoms with Crippen molar-refractivity contribution >= 4 is 11.8 Å². The van der Waals surface area contributed by atoms with Crippen molar-refractivity contribution in [2.75, 3.05) is 0 Å². The topological polar surface area (TPSA) is 43.4 Å². The van der Waals surface area contributed by atoms with Gasteiger partial charge in [-0.15, -0.1) is 6.58 Å². The van der Waals surface area contributed by atoms with Gasteiger partial charge in [0.15, 0.2) is 0 Å². The maximum Gasteiger partial charge on any atom is 0.310 e. The molecular weight excluding hydrogens is 276 g/mol. The average Bonchev–Trinajstić information content (AvgIpc) is 2.83. The second-order valence-corrected chi connectivity index (χ2v) is 7.70. The fourth-order valence-electron chi connectivity index (χ4n) is 3.78. The first-order valence-corrected chi connectivity index (χ1v) is 8.19. The number of carbonyl (C=O) groups excluding carboxylic acids is 2. The van der Waals surface area contributed by atoms with E-state index in [0.717, 1.165) is 0 Å². The van der Waals surface area contributed by atoms with Crippen LogP contribution >= 0.6 is 0 Å². The zero-order chi connectivity index (χ0) is 16.7. The predicted molar refractivity (Wildman–Crippen MR) is 87.2 cm³/mol. The third-order valence-electron chi connectivity index (χ3n) is 5.40. The van der Waals surface area contributed by atoms with Crippen LogP contribution in [0.2, 0.25) is 0 Å². The zero-order valence-electron chi connectivity index (χ0n) is 14.4. The largest absolute Gasteiger partial charge is 0.461 e. The van der Waals surface area contributed by atoms with Crippen LogP contribution in [0.3, 0.4) is 0 Å². The van der Waals surface area contributed by atoms with Gasteiger partial charge in [-0.25, -0.2) is 0 Å². The number of ketones is 1. The minimum atomic E-state index is -0.270. The minimum absolute atomic E-state index is 0.0410. The molecule has 0 bridgehead atoms. The molecule has 0 aromatic rings. The summed E-state index contributed by atoms with van der Waals surface area (Å²) in [5, 5.41) is 0. The lowest BCUT2D eigenvalue weighted by Crippen LogP contribution is -2.25. The predicted octanol–water partition coefficient (Wildman–Crippen LogP) is 3.94. The molecule has 22 heavy (non-hydrogen) atoms. The molecule has 2 rings (SSSR count). The molecule has 0 saturated heterocycles. The minimum Gasteiger partial charge on any atom is -0.461 e. The van der Waals surface area contributed by atoms with Gasteiger partial charge in [0, 0.05) is 18.3 Å². The third-order valence-corrected chi connectivity index (χ3v) is 5.40. The van der Waals surface area contributed by atoms with Gasteiger partial charge in [0.1, 0.15) is 11.9 Å². The van der Waals surface area contributed by atoms with Crippen LogP contribution in [0.25, 0.3) is 0 Å². The van der Waals surface area contributed by atoms with Crippen molar-refractivity contribution in [3.05, 3.63) is 24.3 Å². The van der Waals surface area contributed by atoms with Gasteiger partial charge in [-0.2, -0.15) is 0 Å². The lowest BCUT2D eigenvalue weighted by molar-refractivity contribution is -0.153. The number of carbonyl (C=O) groups is 2. The Morgan fingerprint density at radius 1 is 1.41 bits per heavy atom. The van der Waals surface area contributed by atoms with Crippen LogP contribution in [0.15, 0.2) is 24.3 Å². The molecule has 0 aliphatic heterocycles. The summed E-state index contributed by atoms with van der Waals surface area (Å²) >= 11 is 0. The first-order valence-electron chi connectivity index (χ1n) is 8.19. The van der Waals surface area contributed by atoms with Crippen LogP contribution in [-0.2, 0) is 14.3 Å². The van der Waals surface area contributed by atoms with Crippen molar-refractivity contribution in [3.8, 4) is 0 Å². The molecule has 5 unspecified atom stereocenters. The van der Waals surface area contributed by atoms with E-state index in [9.17, 15) is 9.59 Å². The van der Waals surface area contributed by atoms with Crippen LogP contribution in [0, 0.1) is 29.1 Å². The number of rotatable bonds is 5. The van der Waals surface area contributed by atoms with Crippen molar-refractivity contribution in [1.82, 2.24) is 0 Å². The number of Topliss-reactive ketones (excluding diaryl/α,β-unsaturated/α-hetero) is 1. The number of allylic oxidation sites excluding steroid dienone is 3. The summed E-state index contributed by atoms with van der Waals surface area (Å²) in [6.45, 7) is 14.0. The van der Waals surface area contributed by atoms with E-state index < -0.39 is 0 Å². The van der Waals surface area contributed by atoms with E-state index in [1.165, 1.54) is 5.57 Å². The van der Waals surface area contributed by atoms with Crippen molar-refractivity contribution in [2.24, 2.45) is 29.1 Å². The van der Waals surface area contributed by atoms with Crippen molar-refractivity contribution < 1.29 is 14.3 Å². The summed E-state index contributed by atoms with van der Waals surface area (Å²) in [5.74, 6) is 0.261. The van der Waals surface area contributed by atoms with Crippen LogP contribution in [0.1, 0.15) is 47.5 Å². The first-order chi connectivity index (χ1) is 10.2. The van der Waals surface area contributed by atoms with E-state index in [1.54, 1.807) is 6.08 Å². The molecule has 0 N–H and O–H groups in total. The van der Waals surface area contributed by atoms with Gasteiger partial charge in [-0.3, -0.25) is 9.59 Å². The lowest BCUT2D eigenvalue weighted by atomic mass is 9.93. The lowest BCUT2D eigenvalue weighted by Gasteiger charge is -2.19. The summed E-state index contributed by atoms with van der Waals surface area (Å²) in [5.41, 5.74) is 1.18. The molecule has 0 amide bonds. The van der Waals surface area contributed by atoms with E-state index in [2.05, 4.69) is 26.5 Å². The van der Waals surface area contributed by atoms with Gasteiger partial charge in [0.05, 0.1) is 5.92 Å². The highest BCUT2D eigenvalue weighted by atomic mass is 16.5. The van der Waals surface area contributed by atoms with Gasteiger partial charge in [-0.05, 0) is 31.6 Å². The molecule has 2 aliphatic carbocycles. The Kier molecular flexibility index (Phi) is 4.65. The molecule has 0 spiro atoms. The Balaban J connectivity index is 2.00. The Hall–Kier alpha value is -1.38. The van der Waals surface area contributed by atoms with E-state index in [1.807, 2.05) is 20.8 Å². The quantitative estimate of drug-likeness (QED) is 0.571. The highest BCUT2D eigenvalue weighted by Gasteiger charge is 2.62. The monoisotopic (exact) mass is 304 g/mol. The maximum absolute atomic E-state index is 12.5.